The first kappa shape index (κ1) is 20.0. The van der Waals surface area contributed by atoms with Gasteiger partial charge in [0.25, 0.3) is 11.6 Å². The number of pyridine rings is 1. The molecule has 0 saturated heterocycles. The van der Waals surface area contributed by atoms with E-state index in [2.05, 4.69) is 15.3 Å². The van der Waals surface area contributed by atoms with Crippen LogP contribution in [0.4, 0.5) is 5.69 Å². The Hall–Kier alpha value is -4.27. The van der Waals surface area contributed by atoms with Crippen LogP contribution in [0.25, 0.3) is 16.6 Å². The smallest absolute Gasteiger partial charge is 0.294 e. The Labute approximate surface area is 177 Å². The second kappa shape index (κ2) is 9.04. The zero-order valence-corrected chi connectivity index (χ0v) is 16.5. The number of nitrogens with one attached hydrogen (secondary N) is 1. The maximum atomic E-state index is 12.4. The summed E-state index contributed by atoms with van der Waals surface area (Å²) in [6.45, 7) is 0.768. The van der Waals surface area contributed by atoms with Gasteiger partial charge in [-0.15, -0.1) is 0 Å². The molecule has 0 fully saturated rings. The number of ether oxygens (including phenoxy) is 1. The number of hydrogen-bond donors (Lipinski definition) is 1. The Kier molecular flexibility index (Phi) is 5.84. The van der Waals surface area contributed by atoms with Crippen molar-refractivity contribution in [3.05, 3.63) is 89.1 Å². The minimum atomic E-state index is -0.516. The van der Waals surface area contributed by atoms with Gasteiger partial charge in [0.15, 0.2) is 0 Å². The van der Waals surface area contributed by atoms with Gasteiger partial charge in [-0.25, -0.2) is 4.98 Å². The van der Waals surface area contributed by atoms with E-state index in [0.29, 0.717) is 31.0 Å². The number of rotatable bonds is 8. The van der Waals surface area contributed by atoms with Crippen molar-refractivity contribution in [1.29, 1.82) is 0 Å². The Morgan fingerprint density at radius 1 is 1.16 bits per heavy atom. The molecule has 31 heavy (non-hydrogen) atoms. The zero-order valence-electron chi connectivity index (χ0n) is 16.5. The number of carbonyl (C=O) groups excluding carboxylic acids is 1. The third-order valence-electron chi connectivity index (χ3n) is 4.68. The van der Waals surface area contributed by atoms with Crippen molar-refractivity contribution in [1.82, 2.24) is 19.9 Å². The monoisotopic (exact) mass is 417 g/mol. The molecular weight excluding hydrogens is 398 g/mol. The number of nitro groups is 1. The summed E-state index contributed by atoms with van der Waals surface area (Å²) in [6.07, 6.45) is 6.89. The van der Waals surface area contributed by atoms with Gasteiger partial charge in [0.1, 0.15) is 17.0 Å². The molecule has 0 aliphatic heterocycles. The molecule has 1 amide bonds. The molecular formula is C22H19N5O4. The van der Waals surface area contributed by atoms with Crippen LogP contribution in [0.5, 0.6) is 5.75 Å². The van der Waals surface area contributed by atoms with Crippen LogP contribution in [-0.4, -0.2) is 38.5 Å². The molecule has 1 N–H and O–H groups in total. The molecule has 9 heteroatoms. The molecule has 2 aromatic carbocycles. The van der Waals surface area contributed by atoms with Crippen molar-refractivity contribution >= 4 is 22.5 Å². The topological polar surface area (TPSA) is 112 Å². The van der Waals surface area contributed by atoms with Gasteiger partial charge in [-0.3, -0.25) is 19.9 Å². The number of carbonyl (C=O) groups is 1. The number of fused-ring (bicyclic) bond motifs is 1. The fourth-order valence-corrected chi connectivity index (χ4v) is 3.18. The molecule has 0 bridgehead atoms. The first-order valence-corrected chi connectivity index (χ1v) is 9.65. The van der Waals surface area contributed by atoms with Gasteiger partial charge in [0.2, 0.25) is 0 Å². The highest BCUT2D eigenvalue weighted by Crippen LogP contribution is 2.24. The van der Waals surface area contributed by atoms with Crippen LogP contribution < -0.4 is 10.1 Å². The van der Waals surface area contributed by atoms with E-state index in [1.54, 1.807) is 18.5 Å². The van der Waals surface area contributed by atoms with Crippen LogP contribution in [0, 0.1) is 10.1 Å². The van der Waals surface area contributed by atoms with Crippen molar-refractivity contribution < 1.29 is 14.5 Å². The van der Waals surface area contributed by atoms with Gasteiger partial charge in [-0.1, -0.05) is 18.2 Å². The van der Waals surface area contributed by atoms with E-state index in [4.69, 9.17) is 4.74 Å². The molecule has 0 saturated carbocycles. The molecule has 2 aromatic heterocycles. The standard InChI is InChI=1S/C22H19N5O4/c28-22(17-7-8-18(19(14-17)27(29)30)26-12-11-23-15-26)25-10-3-13-31-20-6-1-4-16-5-2-9-24-21(16)20/h1-2,4-9,11-12,14-15H,3,10,13H2,(H,25,28). The van der Waals surface area contributed by atoms with E-state index < -0.39 is 4.92 Å². The maximum Gasteiger partial charge on any atom is 0.294 e. The van der Waals surface area contributed by atoms with E-state index in [9.17, 15) is 14.9 Å². The third-order valence-corrected chi connectivity index (χ3v) is 4.68. The SMILES string of the molecule is O=C(NCCCOc1cccc2cccnc12)c1ccc(-n2ccnc2)c([N+](=O)[O-])c1. The molecule has 0 spiro atoms. The van der Waals surface area contributed by atoms with Crippen molar-refractivity contribution in [2.24, 2.45) is 0 Å². The first-order chi connectivity index (χ1) is 15.1. The lowest BCUT2D eigenvalue weighted by atomic mass is 10.1. The summed E-state index contributed by atoms with van der Waals surface area (Å²) in [5.74, 6) is 0.308. The summed E-state index contributed by atoms with van der Waals surface area (Å²) in [5, 5.41) is 15.2. The van der Waals surface area contributed by atoms with Crippen LogP contribution in [0.2, 0.25) is 0 Å². The number of nitrogens with zero attached hydrogens (tertiary/aromatic N) is 4. The number of nitro benzene ring substituents is 1. The van der Waals surface area contributed by atoms with E-state index in [0.717, 1.165) is 10.9 Å². The number of imidazole rings is 1. The Balaban J connectivity index is 1.34. The van der Waals surface area contributed by atoms with Gasteiger partial charge < -0.3 is 14.6 Å². The highest BCUT2D eigenvalue weighted by atomic mass is 16.6. The fraction of sp³-hybridized carbons (Fsp3) is 0.136. The summed E-state index contributed by atoms with van der Waals surface area (Å²) >= 11 is 0. The summed E-state index contributed by atoms with van der Waals surface area (Å²) in [6, 6.07) is 13.9. The molecule has 0 radical (unpaired) electrons. The van der Waals surface area contributed by atoms with Crippen molar-refractivity contribution in [2.45, 2.75) is 6.42 Å². The van der Waals surface area contributed by atoms with E-state index in [1.165, 1.54) is 29.2 Å². The lowest BCUT2D eigenvalue weighted by Crippen LogP contribution is -2.25. The molecule has 2 heterocycles. The zero-order chi connectivity index (χ0) is 21.6. The summed E-state index contributed by atoms with van der Waals surface area (Å²) in [4.78, 5) is 31.6. The van der Waals surface area contributed by atoms with Crippen molar-refractivity contribution in [3.63, 3.8) is 0 Å². The Morgan fingerprint density at radius 3 is 2.84 bits per heavy atom. The van der Waals surface area contributed by atoms with Gasteiger partial charge in [0.05, 0.1) is 17.9 Å². The third kappa shape index (κ3) is 4.50. The second-order valence-electron chi connectivity index (χ2n) is 6.72. The number of benzene rings is 2. The summed E-state index contributed by atoms with van der Waals surface area (Å²) < 4.78 is 7.33. The van der Waals surface area contributed by atoms with E-state index in [-0.39, 0.29) is 17.2 Å². The predicted molar refractivity (Wildman–Crippen MR) is 114 cm³/mol. The predicted octanol–water partition coefficient (Wildman–Crippen LogP) is 3.53. The molecule has 9 nitrogen and oxygen atoms in total. The van der Waals surface area contributed by atoms with Gasteiger partial charge in [-0.2, -0.15) is 0 Å². The molecule has 0 aliphatic rings. The van der Waals surface area contributed by atoms with Crippen LogP contribution in [-0.2, 0) is 0 Å². The number of aromatic nitrogens is 3. The normalized spacial score (nSPS) is 10.7. The lowest BCUT2D eigenvalue weighted by Gasteiger charge is -2.10. The minimum Gasteiger partial charge on any atom is -0.491 e. The molecule has 0 unspecified atom stereocenters. The minimum absolute atomic E-state index is 0.169. The largest absolute Gasteiger partial charge is 0.491 e. The number of amides is 1. The maximum absolute atomic E-state index is 12.4. The van der Waals surface area contributed by atoms with Gasteiger partial charge >= 0.3 is 0 Å². The Bertz CT molecular complexity index is 1220. The first-order valence-electron chi connectivity index (χ1n) is 9.65. The van der Waals surface area contributed by atoms with E-state index in [1.807, 2.05) is 30.3 Å². The highest BCUT2D eigenvalue weighted by Gasteiger charge is 2.18. The van der Waals surface area contributed by atoms with Gasteiger partial charge in [0, 0.05) is 42.2 Å². The van der Waals surface area contributed by atoms with Crippen LogP contribution >= 0.6 is 0 Å². The second-order valence-corrected chi connectivity index (χ2v) is 6.72. The average Bonchev–Trinajstić information content (AvgIpc) is 3.33. The van der Waals surface area contributed by atoms with Crippen molar-refractivity contribution in [2.75, 3.05) is 13.2 Å². The van der Waals surface area contributed by atoms with Crippen molar-refractivity contribution in [3.8, 4) is 11.4 Å². The summed E-state index contributed by atoms with van der Waals surface area (Å²) in [5.41, 5.74) is 1.18. The lowest BCUT2D eigenvalue weighted by molar-refractivity contribution is -0.384. The van der Waals surface area contributed by atoms with Crippen LogP contribution in [0.1, 0.15) is 16.8 Å². The fourth-order valence-electron chi connectivity index (χ4n) is 3.18. The highest BCUT2D eigenvalue weighted by molar-refractivity contribution is 5.95. The van der Waals surface area contributed by atoms with Crippen LogP contribution in [0.15, 0.2) is 73.4 Å². The molecule has 0 aliphatic carbocycles. The number of hydrogen-bond acceptors (Lipinski definition) is 6. The molecule has 4 rings (SSSR count). The molecule has 156 valence electrons. The average molecular weight is 417 g/mol. The van der Waals surface area contributed by atoms with Crippen LogP contribution in [0.3, 0.4) is 0 Å². The van der Waals surface area contributed by atoms with Gasteiger partial charge in [-0.05, 0) is 30.7 Å². The summed E-state index contributed by atoms with van der Waals surface area (Å²) in [7, 11) is 0. The number of para-hydroxylation sites is 1. The molecule has 0 atom stereocenters. The molecule has 4 aromatic rings. The quantitative estimate of drug-likeness (QED) is 0.267. The van der Waals surface area contributed by atoms with E-state index >= 15 is 0 Å². The Morgan fingerprint density at radius 2 is 2.03 bits per heavy atom.